The Hall–Kier alpha value is 0.290. The van der Waals surface area contributed by atoms with Crippen molar-refractivity contribution in [3.63, 3.8) is 0 Å². The fourth-order valence-electron chi connectivity index (χ4n) is 1.64. The van der Waals surface area contributed by atoms with Crippen LogP contribution < -0.4 is 0 Å². The first-order chi connectivity index (χ1) is 6.81. The third-order valence-electron chi connectivity index (χ3n) is 3.76. The van der Waals surface area contributed by atoms with Gasteiger partial charge < -0.3 is 0 Å². The van der Waals surface area contributed by atoms with Crippen molar-refractivity contribution in [2.24, 2.45) is 5.41 Å². The van der Waals surface area contributed by atoms with Gasteiger partial charge in [-0.25, -0.2) is 0 Å². The van der Waals surface area contributed by atoms with E-state index in [1.807, 2.05) is 0 Å². The summed E-state index contributed by atoms with van der Waals surface area (Å²) >= 11 is 6.39. The highest BCUT2D eigenvalue weighted by Crippen LogP contribution is 2.40. The fraction of sp³-hybridized carbons (Fsp3) is 1.00. The van der Waals surface area contributed by atoms with Crippen molar-refractivity contribution in [3.05, 3.63) is 0 Å². The van der Waals surface area contributed by atoms with Crippen LogP contribution in [0.3, 0.4) is 0 Å². The maximum absolute atomic E-state index is 6.39. The highest BCUT2D eigenvalue weighted by Gasteiger charge is 2.34. The Balaban J connectivity index is 3.58. The highest BCUT2D eigenvalue weighted by molar-refractivity contribution is 6.23. The molecule has 15 heavy (non-hydrogen) atoms. The van der Waals surface area contributed by atoms with Crippen LogP contribution in [0.4, 0.5) is 0 Å². The van der Waals surface area contributed by atoms with Crippen molar-refractivity contribution >= 4 is 11.6 Å². The molecule has 0 aliphatic carbocycles. The van der Waals surface area contributed by atoms with Gasteiger partial charge >= 0.3 is 0 Å². The Morgan fingerprint density at radius 3 is 1.73 bits per heavy atom. The predicted molar refractivity (Wildman–Crippen MR) is 71.7 cm³/mol. The Morgan fingerprint density at radius 1 is 0.800 bits per heavy atom. The zero-order valence-electron chi connectivity index (χ0n) is 11.3. The summed E-state index contributed by atoms with van der Waals surface area (Å²) in [4.78, 5) is -0.0869. The average molecular weight is 233 g/mol. The molecule has 0 radical (unpaired) electrons. The van der Waals surface area contributed by atoms with Crippen LogP contribution in [-0.4, -0.2) is 4.87 Å². The molecule has 0 heterocycles. The summed E-state index contributed by atoms with van der Waals surface area (Å²) in [6, 6.07) is 0. The fourth-order valence-corrected chi connectivity index (χ4v) is 1.74. The second kappa shape index (κ2) is 6.78. The maximum atomic E-state index is 6.39. The first-order valence-corrected chi connectivity index (χ1v) is 6.88. The van der Waals surface area contributed by atoms with Gasteiger partial charge in [-0.1, -0.05) is 59.3 Å². The Labute approximate surface area is 102 Å². The standard InChI is InChI=1S/C14H29Cl/c1-6-7-8-9-10-11-12-13(2,3)14(4,5)15/h6-12H2,1-5H3. The Morgan fingerprint density at radius 2 is 1.27 bits per heavy atom. The normalized spacial score (nSPS) is 13.2. The van der Waals surface area contributed by atoms with E-state index >= 15 is 0 Å². The molecule has 0 fully saturated rings. The molecule has 0 aliphatic rings. The summed E-state index contributed by atoms with van der Waals surface area (Å²) in [5, 5.41) is 0. The number of rotatable bonds is 8. The van der Waals surface area contributed by atoms with E-state index in [1.165, 1.54) is 44.9 Å². The zero-order chi connectivity index (χ0) is 11.9. The minimum Gasteiger partial charge on any atom is -0.119 e. The van der Waals surface area contributed by atoms with Crippen LogP contribution >= 0.6 is 11.6 Å². The van der Waals surface area contributed by atoms with E-state index in [0.29, 0.717) is 0 Å². The van der Waals surface area contributed by atoms with E-state index in [4.69, 9.17) is 11.6 Å². The Kier molecular flexibility index (Phi) is 6.91. The van der Waals surface area contributed by atoms with Crippen LogP contribution in [-0.2, 0) is 0 Å². The largest absolute Gasteiger partial charge is 0.119 e. The maximum Gasteiger partial charge on any atom is 0.0441 e. The van der Waals surface area contributed by atoms with E-state index in [-0.39, 0.29) is 10.3 Å². The van der Waals surface area contributed by atoms with Gasteiger partial charge in [-0.3, -0.25) is 0 Å². The highest BCUT2D eigenvalue weighted by atomic mass is 35.5. The van der Waals surface area contributed by atoms with Gasteiger partial charge in [-0.15, -0.1) is 11.6 Å². The Bertz CT molecular complexity index is 153. The summed E-state index contributed by atoms with van der Waals surface area (Å²) in [7, 11) is 0. The zero-order valence-corrected chi connectivity index (χ0v) is 12.1. The van der Waals surface area contributed by atoms with Crippen LogP contribution in [0.25, 0.3) is 0 Å². The van der Waals surface area contributed by atoms with Crippen LogP contribution in [0.5, 0.6) is 0 Å². The molecular formula is C14H29Cl. The van der Waals surface area contributed by atoms with Gasteiger partial charge in [-0.05, 0) is 25.7 Å². The van der Waals surface area contributed by atoms with Gasteiger partial charge in [-0.2, -0.15) is 0 Å². The first kappa shape index (κ1) is 15.3. The third kappa shape index (κ3) is 6.45. The quantitative estimate of drug-likeness (QED) is 0.368. The molecule has 0 spiro atoms. The molecule has 92 valence electrons. The minimum atomic E-state index is -0.0869. The van der Waals surface area contributed by atoms with E-state index in [2.05, 4.69) is 34.6 Å². The smallest absolute Gasteiger partial charge is 0.0441 e. The van der Waals surface area contributed by atoms with Crippen molar-refractivity contribution in [2.45, 2.75) is 84.4 Å². The molecule has 0 aromatic heterocycles. The predicted octanol–water partition coefficient (Wildman–Crippen LogP) is 5.78. The van der Waals surface area contributed by atoms with Crippen molar-refractivity contribution < 1.29 is 0 Å². The topological polar surface area (TPSA) is 0 Å². The van der Waals surface area contributed by atoms with Crippen LogP contribution in [0, 0.1) is 5.41 Å². The molecule has 0 N–H and O–H groups in total. The molecule has 0 aliphatic heterocycles. The lowest BCUT2D eigenvalue weighted by atomic mass is 9.76. The number of unbranched alkanes of at least 4 members (excludes halogenated alkanes) is 5. The van der Waals surface area contributed by atoms with Gasteiger partial charge in [0.05, 0.1) is 0 Å². The first-order valence-electron chi connectivity index (χ1n) is 6.50. The van der Waals surface area contributed by atoms with Crippen molar-refractivity contribution in [2.75, 3.05) is 0 Å². The van der Waals surface area contributed by atoms with E-state index in [0.717, 1.165) is 0 Å². The van der Waals surface area contributed by atoms with Crippen LogP contribution in [0.2, 0.25) is 0 Å². The molecule has 0 atom stereocenters. The number of halogens is 1. The van der Waals surface area contributed by atoms with Gasteiger partial charge in [0.15, 0.2) is 0 Å². The van der Waals surface area contributed by atoms with Crippen molar-refractivity contribution in [1.82, 2.24) is 0 Å². The van der Waals surface area contributed by atoms with Crippen LogP contribution in [0.15, 0.2) is 0 Å². The molecule has 0 rings (SSSR count). The second-order valence-corrected chi connectivity index (χ2v) is 6.82. The molecule has 0 saturated heterocycles. The van der Waals surface area contributed by atoms with E-state index in [1.54, 1.807) is 0 Å². The monoisotopic (exact) mass is 232 g/mol. The van der Waals surface area contributed by atoms with Gasteiger partial charge in [0.1, 0.15) is 0 Å². The molecule has 0 amide bonds. The van der Waals surface area contributed by atoms with E-state index in [9.17, 15) is 0 Å². The van der Waals surface area contributed by atoms with Crippen molar-refractivity contribution in [3.8, 4) is 0 Å². The molecular weight excluding hydrogens is 204 g/mol. The molecule has 1 heteroatoms. The van der Waals surface area contributed by atoms with Crippen LogP contribution in [0.1, 0.15) is 79.6 Å². The summed E-state index contributed by atoms with van der Waals surface area (Å²) in [5.74, 6) is 0. The molecule has 0 bridgehead atoms. The van der Waals surface area contributed by atoms with E-state index < -0.39 is 0 Å². The third-order valence-corrected chi connectivity index (χ3v) is 4.28. The number of hydrogen-bond acceptors (Lipinski definition) is 0. The molecule has 0 aromatic rings. The van der Waals surface area contributed by atoms with Crippen molar-refractivity contribution in [1.29, 1.82) is 0 Å². The molecule has 0 unspecified atom stereocenters. The summed E-state index contributed by atoms with van der Waals surface area (Å²) < 4.78 is 0. The van der Waals surface area contributed by atoms with Gasteiger partial charge in [0, 0.05) is 4.87 Å². The molecule has 0 saturated carbocycles. The molecule has 0 nitrogen and oxygen atoms in total. The lowest BCUT2D eigenvalue weighted by Crippen LogP contribution is -2.33. The summed E-state index contributed by atoms with van der Waals surface area (Å²) in [5.41, 5.74) is 0.249. The minimum absolute atomic E-state index is 0.0869. The van der Waals surface area contributed by atoms with Gasteiger partial charge in [0.2, 0.25) is 0 Å². The lowest BCUT2D eigenvalue weighted by molar-refractivity contribution is 0.244. The summed E-state index contributed by atoms with van der Waals surface area (Å²) in [6.45, 7) is 11.1. The SMILES string of the molecule is CCCCCCCCC(C)(C)C(C)(C)Cl. The molecule has 0 aromatic carbocycles. The summed E-state index contributed by atoms with van der Waals surface area (Å²) in [6.07, 6.45) is 9.47. The van der Waals surface area contributed by atoms with Gasteiger partial charge in [0.25, 0.3) is 0 Å². The number of hydrogen-bond donors (Lipinski definition) is 0. The number of alkyl halides is 1. The average Bonchev–Trinajstić information content (AvgIpc) is 2.09. The lowest BCUT2D eigenvalue weighted by Gasteiger charge is -2.36. The second-order valence-electron chi connectivity index (χ2n) is 5.87.